The number of hydrogen-bond acceptors (Lipinski definition) is 4. The summed E-state index contributed by atoms with van der Waals surface area (Å²) in [5.74, 6) is 5.25. The molecule has 7 rings (SSSR count). The van der Waals surface area contributed by atoms with Crippen LogP contribution in [0.25, 0.3) is 0 Å². The van der Waals surface area contributed by atoms with E-state index >= 15 is 0 Å². The van der Waals surface area contributed by atoms with E-state index in [1.807, 2.05) is 0 Å². The average Bonchev–Trinajstić information content (AvgIpc) is 2.79. The second-order valence-electron chi connectivity index (χ2n) is 10.9. The first kappa shape index (κ1) is 19.4. The van der Waals surface area contributed by atoms with Crippen molar-refractivity contribution in [3.63, 3.8) is 0 Å². The Bertz CT molecular complexity index is 716. The van der Waals surface area contributed by atoms with Crippen molar-refractivity contribution in [2.75, 3.05) is 51.3 Å². The summed E-state index contributed by atoms with van der Waals surface area (Å²) in [6, 6.07) is 10.2. The Morgan fingerprint density at radius 2 is 1.50 bits per heavy atom. The van der Waals surface area contributed by atoms with Crippen LogP contribution in [0, 0.1) is 23.7 Å². The van der Waals surface area contributed by atoms with Crippen LogP contribution < -0.4 is 9.64 Å². The largest absolute Gasteiger partial charge is 0.495 e. The number of ether oxygens (including phenoxy) is 1. The first-order valence-electron chi connectivity index (χ1n) is 12.6. The number of para-hydroxylation sites is 2. The van der Waals surface area contributed by atoms with Gasteiger partial charge in [0, 0.05) is 44.8 Å². The van der Waals surface area contributed by atoms with Crippen LogP contribution in [-0.4, -0.2) is 68.3 Å². The predicted octanol–water partition coefficient (Wildman–Crippen LogP) is 4.11. The molecule has 2 saturated heterocycles. The van der Waals surface area contributed by atoms with Gasteiger partial charge in [0.05, 0.1) is 12.8 Å². The molecule has 0 radical (unpaired) electrons. The smallest absolute Gasteiger partial charge is 0.142 e. The van der Waals surface area contributed by atoms with Crippen LogP contribution in [-0.2, 0) is 0 Å². The van der Waals surface area contributed by atoms with Crippen molar-refractivity contribution >= 4 is 5.69 Å². The number of piperidine rings is 1. The van der Waals surface area contributed by atoms with E-state index in [9.17, 15) is 0 Å². The summed E-state index contributed by atoms with van der Waals surface area (Å²) in [5, 5.41) is 0. The number of hydrogen-bond donors (Lipinski definition) is 0. The molecule has 0 aromatic heterocycles. The molecule has 164 valence electrons. The van der Waals surface area contributed by atoms with Crippen molar-refractivity contribution < 1.29 is 4.74 Å². The van der Waals surface area contributed by atoms with Crippen molar-refractivity contribution in [3.05, 3.63) is 24.3 Å². The summed E-state index contributed by atoms with van der Waals surface area (Å²) in [5.41, 5.74) is 1.26. The third-order valence-electron chi connectivity index (χ3n) is 9.28. The van der Waals surface area contributed by atoms with Crippen LogP contribution in [0.15, 0.2) is 24.3 Å². The van der Waals surface area contributed by atoms with Crippen LogP contribution in [0.4, 0.5) is 5.69 Å². The van der Waals surface area contributed by atoms with Gasteiger partial charge in [0.25, 0.3) is 0 Å². The van der Waals surface area contributed by atoms with E-state index in [1.165, 1.54) is 44.7 Å². The van der Waals surface area contributed by atoms with E-state index in [4.69, 9.17) is 4.74 Å². The zero-order valence-corrected chi connectivity index (χ0v) is 18.7. The molecular weight excluding hydrogens is 370 g/mol. The highest BCUT2D eigenvalue weighted by Crippen LogP contribution is 2.55. The maximum Gasteiger partial charge on any atom is 0.142 e. The standard InChI is InChI=1S/C26H39N3O/c1-30-25-7-3-2-6-24(25)28-11-9-27(10-12-28)23-5-4-8-29(18-23)26-21-14-19-13-20(16-21)17-22(26)15-19/h2-3,6-7,19-23,26H,4-5,8-18H2,1H3. The molecule has 1 aromatic rings. The molecule has 0 spiro atoms. The van der Waals surface area contributed by atoms with Crippen molar-refractivity contribution in [1.82, 2.24) is 9.80 Å². The summed E-state index contributed by atoms with van der Waals surface area (Å²) in [7, 11) is 1.79. The van der Waals surface area contributed by atoms with Crippen molar-refractivity contribution in [1.29, 1.82) is 0 Å². The van der Waals surface area contributed by atoms with Crippen LogP contribution in [0.3, 0.4) is 0 Å². The first-order valence-corrected chi connectivity index (χ1v) is 12.6. The fourth-order valence-corrected chi connectivity index (χ4v) is 8.26. The van der Waals surface area contributed by atoms with Gasteiger partial charge in [0.15, 0.2) is 0 Å². The third-order valence-corrected chi connectivity index (χ3v) is 9.28. The van der Waals surface area contributed by atoms with E-state index in [2.05, 4.69) is 39.0 Å². The summed E-state index contributed by atoms with van der Waals surface area (Å²) in [6.45, 7) is 7.33. The highest BCUT2D eigenvalue weighted by atomic mass is 16.5. The maximum atomic E-state index is 5.61. The molecule has 2 aliphatic heterocycles. The normalized spacial score (nSPS) is 39.4. The lowest BCUT2D eigenvalue weighted by molar-refractivity contribution is -0.0795. The van der Waals surface area contributed by atoms with Gasteiger partial charge >= 0.3 is 0 Å². The number of benzene rings is 1. The van der Waals surface area contributed by atoms with Crippen molar-refractivity contribution in [2.24, 2.45) is 23.7 Å². The molecule has 4 nitrogen and oxygen atoms in total. The van der Waals surface area contributed by atoms with Gasteiger partial charge in [-0.3, -0.25) is 9.80 Å². The molecule has 0 amide bonds. The van der Waals surface area contributed by atoms with E-state index in [0.29, 0.717) is 0 Å². The molecular formula is C26H39N3O. The van der Waals surface area contributed by atoms with E-state index in [-0.39, 0.29) is 0 Å². The summed E-state index contributed by atoms with van der Waals surface area (Å²) in [4.78, 5) is 8.32. The minimum absolute atomic E-state index is 0.774. The van der Waals surface area contributed by atoms with Crippen LogP contribution in [0.2, 0.25) is 0 Å². The Hall–Kier alpha value is -1.26. The lowest BCUT2D eigenvalue weighted by atomic mass is 9.53. The third kappa shape index (κ3) is 3.44. The fourth-order valence-electron chi connectivity index (χ4n) is 8.26. The highest BCUT2D eigenvalue weighted by Gasteiger charge is 2.50. The van der Waals surface area contributed by atoms with Gasteiger partial charge in [-0.15, -0.1) is 0 Å². The molecule has 4 heteroatoms. The first-order chi connectivity index (χ1) is 14.8. The Labute approximate surface area is 182 Å². The van der Waals surface area contributed by atoms with Gasteiger partial charge in [-0.1, -0.05) is 12.1 Å². The number of nitrogens with zero attached hydrogens (tertiary/aromatic N) is 3. The average molecular weight is 410 g/mol. The monoisotopic (exact) mass is 409 g/mol. The molecule has 6 fully saturated rings. The summed E-state index contributed by atoms with van der Waals surface area (Å²) < 4.78 is 5.61. The molecule has 1 atom stereocenters. The number of likely N-dealkylation sites (tertiary alicyclic amines) is 1. The van der Waals surface area contributed by atoms with Crippen LogP contribution >= 0.6 is 0 Å². The molecule has 6 aliphatic rings. The van der Waals surface area contributed by atoms with Gasteiger partial charge in [0.2, 0.25) is 0 Å². The van der Waals surface area contributed by atoms with Gasteiger partial charge in [-0.05, 0) is 87.3 Å². The highest BCUT2D eigenvalue weighted by molar-refractivity contribution is 5.58. The molecule has 0 N–H and O–H groups in total. The molecule has 4 aliphatic carbocycles. The molecule has 4 saturated carbocycles. The van der Waals surface area contributed by atoms with Crippen molar-refractivity contribution in [2.45, 2.75) is 57.0 Å². The number of rotatable bonds is 4. The summed E-state index contributed by atoms with van der Waals surface area (Å²) >= 11 is 0. The van der Waals surface area contributed by atoms with Crippen LogP contribution in [0.5, 0.6) is 5.75 Å². The molecule has 1 unspecified atom stereocenters. The van der Waals surface area contributed by atoms with Gasteiger partial charge in [-0.25, -0.2) is 0 Å². The molecule has 2 heterocycles. The van der Waals surface area contributed by atoms with E-state index < -0.39 is 0 Å². The predicted molar refractivity (Wildman–Crippen MR) is 122 cm³/mol. The zero-order chi connectivity index (χ0) is 20.1. The lowest BCUT2D eigenvalue weighted by Crippen LogP contribution is -2.61. The lowest BCUT2D eigenvalue weighted by Gasteiger charge is -2.58. The number of anilines is 1. The molecule has 30 heavy (non-hydrogen) atoms. The second kappa shape index (κ2) is 8.02. The Morgan fingerprint density at radius 1 is 0.800 bits per heavy atom. The van der Waals surface area contributed by atoms with E-state index in [1.54, 1.807) is 39.2 Å². The maximum absolute atomic E-state index is 5.61. The minimum atomic E-state index is 0.774. The van der Waals surface area contributed by atoms with E-state index in [0.717, 1.165) is 54.6 Å². The number of piperazine rings is 1. The number of methoxy groups -OCH3 is 1. The fraction of sp³-hybridized carbons (Fsp3) is 0.769. The van der Waals surface area contributed by atoms with Crippen LogP contribution in [0.1, 0.15) is 44.9 Å². The van der Waals surface area contributed by atoms with Gasteiger partial charge in [-0.2, -0.15) is 0 Å². The zero-order valence-electron chi connectivity index (χ0n) is 18.7. The molecule has 1 aromatic carbocycles. The summed E-state index contributed by atoms with van der Waals surface area (Å²) in [6.07, 6.45) is 10.6. The van der Waals surface area contributed by atoms with Crippen molar-refractivity contribution in [3.8, 4) is 5.75 Å². The Kier molecular flexibility index (Phi) is 5.19. The topological polar surface area (TPSA) is 19.0 Å². The minimum Gasteiger partial charge on any atom is -0.495 e. The quantitative estimate of drug-likeness (QED) is 0.745. The Balaban J connectivity index is 1.09. The van der Waals surface area contributed by atoms with Gasteiger partial charge in [0.1, 0.15) is 5.75 Å². The van der Waals surface area contributed by atoms with Gasteiger partial charge < -0.3 is 9.64 Å². The SMILES string of the molecule is COc1ccccc1N1CCN(C2CCCN(C3C4CC5CC(C4)CC3C5)C2)CC1. The Morgan fingerprint density at radius 3 is 2.20 bits per heavy atom. The second-order valence-corrected chi connectivity index (χ2v) is 10.9. The molecule has 4 bridgehead atoms.